The van der Waals surface area contributed by atoms with Gasteiger partial charge in [0.05, 0.1) is 48.1 Å². The molecule has 0 N–H and O–H groups in total. The number of esters is 4. The van der Waals surface area contributed by atoms with Crippen molar-refractivity contribution < 1.29 is 38.1 Å². The van der Waals surface area contributed by atoms with Crippen molar-refractivity contribution in [1.29, 1.82) is 0 Å². The maximum atomic E-state index is 12.7. The molecule has 10 nitrogen and oxygen atoms in total. The van der Waals surface area contributed by atoms with Crippen LogP contribution in [-0.4, -0.2) is 54.2 Å². The molecule has 0 bridgehead atoms. The lowest BCUT2D eigenvalue weighted by Crippen LogP contribution is -2.31. The fourth-order valence-electron chi connectivity index (χ4n) is 3.00. The van der Waals surface area contributed by atoms with Gasteiger partial charge in [-0.15, -0.1) is 0 Å². The number of carbonyl (C=O) groups is 4. The first kappa shape index (κ1) is 25.4. The van der Waals surface area contributed by atoms with Crippen molar-refractivity contribution in [3.63, 3.8) is 0 Å². The van der Waals surface area contributed by atoms with E-state index in [0.717, 1.165) is 5.69 Å². The number of methoxy groups -OCH3 is 2. The molecule has 1 heterocycles. The highest BCUT2D eigenvalue weighted by atomic mass is 16.6. The Hall–Kier alpha value is -3.82. The van der Waals surface area contributed by atoms with Gasteiger partial charge in [-0.2, -0.15) is 0 Å². The summed E-state index contributed by atoms with van der Waals surface area (Å²) in [5, 5.41) is 0. The topological polar surface area (TPSA) is 131 Å². The molecule has 0 aliphatic rings. The zero-order chi connectivity index (χ0) is 24.7. The van der Waals surface area contributed by atoms with E-state index in [2.05, 4.69) is 14.7 Å². The molecule has 33 heavy (non-hydrogen) atoms. The van der Waals surface area contributed by atoms with Crippen LogP contribution in [-0.2, 0) is 41.6 Å². The minimum Gasteiger partial charge on any atom is -0.465 e. The van der Waals surface area contributed by atoms with Gasteiger partial charge in [0, 0.05) is 13.3 Å². The maximum absolute atomic E-state index is 12.7. The van der Waals surface area contributed by atoms with Crippen molar-refractivity contribution in [2.24, 2.45) is 0 Å². The molecule has 0 saturated carbocycles. The average molecular weight is 458 g/mol. The highest BCUT2D eigenvalue weighted by Crippen LogP contribution is 2.18. The van der Waals surface area contributed by atoms with Crippen molar-refractivity contribution in [3.05, 3.63) is 57.7 Å². The number of aryl methyl sites for hydroxylation is 3. The standard InChI is InChI=1S/C23H26N2O8/c1-12-13(2)25-19(14(3)24-12)11-32-23(29)20(33-15(4)26)10-16-7-8-17(21(27)30-5)18(9-16)22(28)31-6/h7-9,20H,10-11H2,1-6H3/t20-/m1/s1. The average Bonchev–Trinajstić information content (AvgIpc) is 2.78. The summed E-state index contributed by atoms with van der Waals surface area (Å²) in [6, 6.07) is 4.26. The summed E-state index contributed by atoms with van der Waals surface area (Å²) >= 11 is 0. The van der Waals surface area contributed by atoms with Crippen LogP contribution < -0.4 is 0 Å². The molecule has 0 aliphatic heterocycles. The molecule has 0 spiro atoms. The summed E-state index contributed by atoms with van der Waals surface area (Å²) in [4.78, 5) is 57.1. The third-order valence-electron chi connectivity index (χ3n) is 4.82. The molecule has 1 aromatic carbocycles. The van der Waals surface area contributed by atoms with Gasteiger partial charge in [0.25, 0.3) is 0 Å². The molecule has 0 fully saturated rings. The van der Waals surface area contributed by atoms with Gasteiger partial charge in [-0.25, -0.2) is 14.4 Å². The first-order valence-electron chi connectivity index (χ1n) is 10.0. The van der Waals surface area contributed by atoms with Crippen LogP contribution in [0.1, 0.15) is 56.0 Å². The summed E-state index contributed by atoms with van der Waals surface area (Å²) in [6.45, 7) is 6.40. The number of hydrogen-bond acceptors (Lipinski definition) is 10. The summed E-state index contributed by atoms with van der Waals surface area (Å²) in [6.07, 6.45) is -1.38. The molecule has 1 aromatic heterocycles. The molecule has 1 atom stereocenters. The molecule has 0 amide bonds. The van der Waals surface area contributed by atoms with Gasteiger partial charge >= 0.3 is 23.9 Å². The Balaban J connectivity index is 2.25. The summed E-state index contributed by atoms with van der Waals surface area (Å²) in [5.41, 5.74) is 3.00. The molecular weight excluding hydrogens is 432 g/mol. The lowest BCUT2D eigenvalue weighted by molar-refractivity contribution is -0.167. The lowest BCUT2D eigenvalue weighted by Gasteiger charge is -2.17. The number of nitrogens with zero attached hydrogens (tertiary/aromatic N) is 2. The predicted molar refractivity (Wildman–Crippen MR) is 114 cm³/mol. The Morgan fingerprint density at radius 1 is 0.879 bits per heavy atom. The Morgan fingerprint density at radius 3 is 2.09 bits per heavy atom. The molecule has 0 saturated heterocycles. The fourth-order valence-corrected chi connectivity index (χ4v) is 3.00. The monoisotopic (exact) mass is 458 g/mol. The molecule has 176 valence electrons. The molecule has 0 unspecified atom stereocenters. The van der Waals surface area contributed by atoms with Crippen LogP contribution in [0.3, 0.4) is 0 Å². The van der Waals surface area contributed by atoms with Crippen molar-refractivity contribution in [2.75, 3.05) is 14.2 Å². The van der Waals surface area contributed by atoms with E-state index in [1.807, 2.05) is 6.92 Å². The van der Waals surface area contributed by atoms with E-state index < -0.39 is 30.0 Å². The zero-order valence-corrected chi connectivity index (χ0v) is 19.4. The molecule has 10 heteroatoms. The first-order valence-corrected chi connectivity index (χ1v) is 10.0. The van der Waals surface area contributed by atoms with Crippen molar-refractivity contribution in [1.82, 2.24) is 9.97 Å². The SMILES string of the molecule is COC(=O)c1ccc(C[C@@H](OC(C)=O)C(=O)OCc2nc(C)c(C)nc2C)cc1C(=O)OC. The largest absolute Gasteiger partial charge is 0.465 e. The van der Waals surface area contributed by atoms with Crippen LogP contribution in [0, 0.1) is 20.8 Å². The minimum absolute atomic E-state index is 0.00324. The van der Waals surface area contributed by atoms with Crippen LogP contribution in [0.2, 0.25) is 0 Å². The Bertz CT molecular complexity index is 1080. The van der Waals surface area contributed by atoms with E-state index in [-0.39, 0.29) is 24.2 Å². The van der Waals surface area contributed by atoms with Gasteiger partial charge in [-0.3, -0.25) is 14.8 Å². The Morgan fingerprint density at radius 2 is 1.48 bits per heavy atom. The van der Waals surface area contributed by atoms with E-state index in [9.17, 15) is 19.2 Å². The quantitative estimate of drug-likeness (QED) is 0.428. The van der Waals surface area contributed by atoms with Crippen LogP contribution in [0.4, 0.5) is 0 Å². The third kappa shape index (κ3) is 6.58. The number of aromatic nitrogens is 2. The van der Waals surface area contributed by atoms with Gasteiger partial charge < -0.3 is 18.9 Å². The van der Waals surface area contributed by atoms with Gasteiger partial charge in [0.15, 0.2) is 0 Å². The smallest absolute Gasteiger partial charge is 0.348 e. The van der Waals surface area contributed by atoms with Crippen molar-refractivity contribution in [2.45, 2.75) is 46.8 Å². The Kier molecular flexibility index (Phi) is 8.61. The van der Waals surface area contributed by atoms with E-state index in [0.29, 0.717) is 22.6 Å². The predicted octanol–water partition coefficient (Wildman–Crippen LogP) is 2.19. The zero-order valence-electron chi connectivity index (χ0n) is 19.4. The van der Waals surface area contributed by atoms with Crippen LogP contribution in [0.15, 0.2) is 18.2 Å². The lowest BCUT2D eigenvalue weighted by atomic mass is 10.00. The summed E-state index contributed by atoms with van der Waals surface area (Å²) in [5.74, 6) is -2.95. The number of carbonyl (C=O) groups excluding carboxylic acids is 4. The molecule has 2 rings (SSSR count). The number of rotatable bonds is 8. The van der Waals surface area contributed by atoms with Gasteiger partial charge in [0.1, 0.15) is 6.61 Å². The normalized spacial score (nSPS) is 11.3. The minimum atomic E-state index is -1.28. The number of benzene rings is 1. The second kappa shape index (κ2) is 11.2. The second-order valence-electron chi connectivity index (χ2n) is 7.20. The Labute approximate surface area is 191 Å². The highest BCUT2D eigenvalue weighted by molar-refractivity contribution is 6.03. The third-order valence-corrected chi connectivity index (χ3v) is 4.82. The highest BCUT2D eigenvalue weighted by Gasteiger charge is 2.26. The van der Waals surface area contributed by atoms with E-state index >= 15 is 0 Å². The van der Waals surface area contributed by atoms with E-state index in [4.69, 9.17) is 14.2 Å². The summed E-state index contributed by atoms with van der Waals surface area (Å²) in [7, 11) is 2.36. The van der Waals surface area contributed by atoms with E-state index in [1.54, 1.807) is 13.8 Å². The van der Waals surface area contributed by atoms with Crippen LogP contribution in [0.25, 0.3) is 0 Å². The summed E-state index contributed by atoms with van der Waals surface area (Å²) < 4.78 is 19.9. The first-order chi connectivity index (χ1) is 15.6. The second-order valence-corrected chi connectivity index (χ2v) is 7.20. The van der Waals surface area contributed by atoms with Gasteiger partial charge in [0.2, 0.25) is 6.10 Å². The molecule has 0 radical (unpaired) electrons. The van der Waals surface area contributed by atoms with Crippen LogP contribution >= 0.6 is 0 Å². The number of hydrogen-bond donors (Lipinski definition) is 0. The van der Waals surface area contributed by atoms with E-state index in [1.165, 1.54) is 39.3 Å². The molecule has 0 aliphatic carbocycles. The van der Waals surface area contributed by atoms with Crippen LogP contribution in [0.5, 0.6) is 0 Å². The van der Waals surface area contributed by atoms with Crippen molar-refractivity contribution in [3.8, 4) is 0 Å². The molecular formula is C23H26N2O8. The van der Waals surface area contributed by atoms with Gasteiger partial charge in [-0.1, -0.05) is 6.07 Å². The molecule has 2 aromatic rings. The fraction of sp³-hybridized carbons (Fsp3) is 0.391. The number of ether oxygens (including phenoxy) is 4. The maximum Gasteiger partial charge on any atom is 0.348 e. The van der Waals surface area contributed by atoms with Crippen molar-refractivity contribution >= 4 is 23.9 Å². The van der Waals surface area contributed by atoms with Gasteiger partial charge in [-0.05, 0) is 38.5 Å².